The van der Waals surface area contributed by atoms with E-state index in [2.05, 4.69) is 5.32 Å². The molecule has 0 aliphatic heterocycles. The first-order chi connectivity index (χ1) is 15.2. The van der Waals surface area contributed by atoms with Crippen LogP contribution in [0.25, 0.3) is 0 Å². The number of hydrogen-bond donors (Lipinski definition) is 4. The molecule has 0 spiro atoms. The predicted molar refractivity (Wildman–Crippen MR) is 118 cm³/mol. The van der Waals surface area contributed by atoms with Gasteiger partial charge in [0.25, 0.3) is 0 Å². The molecule has 0 fully saturated rings. The second-order valence-electron chi connectivity index (χ2n) is 7.43. The SMILES string of the molecule is CC[C@](N)(Cc1cc(OC(=O)[C@H](Cc2ccc(OC)cc2OC)NC)ccc1O)C(=O)O. The van der Waals surface area contributed by atoms with Crippen molar-refractivity contribution in [1.29, 1.82) is 0 Å². The lowest BCUT2D eigenvalue weighted by molar-refractivity contribution is -0.143. The Bertz CT molecular complexity index is 963. The van der Waals surface area contributed by atoms with Crippen LogP contribution >= 0.6 is 0 Å². The zero-order valence-corrected chi connectivity index (χ0v) is 18.7. The van der Waals surface area contributed by atoms with Crippen molar-refractivity contribution < 1.29 is 34.0 Å². The van der Waals surface area contributed by atoms with Crippen LogP contribution in [-0.2, 0) is 22.4 Å². The van der Waals surface area contributed by atoms with Gasteiger partial charge in [0.2, 0.25) is 0 Å². The number of aliphatic carboxylic acids is 1. The van der Waals surface area contributed by atoms with Gasteiger partial charge in [0.05, 0.1) is 14.2 Å². The fraction of sp³-hybridized carbons (Fsp3) is 0.391. The van der Waals surface area contributed by atoms with Gasteiger partial charge in [-0.1, -0.05) is 13.0 Å². The Kier molecular flexibility index (Phi) is 8.45. The summed E-state index contributed by atoms with van der Waals surface area (Å²) in [7, 11) is 4.73. The van der Waals surface area contributed by atoms with Crippen molar-refractivity contribution in [2.24, 2.45) is 5.73 Å². The van der Waals surface area contributed by atoms with Crippen LogP contribution in [0.1, 0.15) is 24.5 Å². The Morgan fingerprint density at radius 3 is 2.34 bits per heavy atom. The number of carboxylic acids is 1. The molecule has 2 atom stereocenters. The van der Waals surface area contributed by atoms with E-state index in [9.17, 15) is 19.8 Å². The maximum Gasteiger partial charge on any atom is 0.328 e. The van der Waals surface area contributed by atoms with Gasteiger partial charge in [-0.15, -0.1) is 0 Å². The smallest absolute Gasteiger partial charge is 0.328 e. The number of hydrogen-bond acceptors (Lipinski definition) is 8. The second-order valence-corrected chi connectivity index (χ2v) is 7.43. The lowest BCUT2D eigenvalue weighted by Gasteiger charge is -2.23. The summed E-state index contributed by atoms with van der Waals surface area (Å²) in [5.41, 5.74) is 5.47. The summed E-state index contributed by atoms with van der Waals surface area (Å²) >= 11 is 0. The molecule has 5 N–H and O–H groups in total. The van der Waals surface area contributed by atoms with Gasteiger partial charge in [0.1, 0.15) is 34.6 Å². The Balaban J connectivity index is 2.19. The summed E-state index contributed by atoms with van der Waals surface area (Å²) in [5.74, 6) is -0.455. The summed E-state index contributed by atoms with van der Waals surface area (Å²) in [6, 6.07) is 8.84. The van der Waals surface area contributed by atoms with Gasteiger partial charge in [-0.25, -0.2) is 4.79 Å². The third-order valence-electron chi connectivity index (χ3n) is 5.38. The molecule has 0 saturated carbocycles. The molecule has 9 heteroatoms. The number of carbonyl (C=O) groups excluding carboxylic acids is 1. The van der Waals surface area contributed by atoms with Crippen molar-refractivity contribution in [1.82, 2.24) is 5.32 Å². The van der Waals surface area contributed by atoms with Gasteiger partial charge in [0, 0.05) is 18.9 Å². The van der Waals surface area contributed by atoms with Crippen LogP contribution in [0.15, 0.2) is 36.4 Å². The molecule has 0 amide bonds. The van der Waals surface area contributed by atoms with Crippen molar-refractivity contribution >= 4 is 11.9 Å². The molecule has 32 heavy (non-hydrogen) atoms. The molecule has 174 valence electrons. The average molecular weight is 447 g/mol. The summed E-state index contributed by atoms with van der Waals surface area (Å²) in [4.78, 5) is 24.3. The van der Waals surface area contributed by atoms with Crippen LogP contribution in [-0.4, -0.2) is 55.0 Å². The topological polar surface area (TPSA) is 140 Å². The molecule has 2 rings (SSSR count). The molecule has 9 nitrogen and oxygen atoms in total. The Hall–Kier alpha value is -3.30. The van der Waals surface area contributed by atoms with E-state index in [-0.39, 0.29) is 29.9 Å². The van der Waals surface area contributed by atoms with Gasteiger partial charge < -0.3 is 35.5 Å². The van der Waals surface area contributed by atoms with Gasteiger partial charge in [0.15, 0.2) is 0 Å². The molecule has 0 aliphatic rings. The zero-order chi connectivity index (χ0) is 23.9. The largest absolute Gasteiger partial charge is 0.508 e. The zero-order valence-electron chi connectivity index (χ0n) is 18.7. The number of carboxylic acid groups (broad SMARTS) is 1. The van der Waals surface area contributed by atoms with Gasteiger partial charge in [-0.05, 0) is 48.9 Å². The molecule has 0 unspecified atom stereocenters. The number of aromatic hydroxyl groups is 1. The molecule has 0 radical (unpaired) electrons. The highest BCUT2D eigenvalue weighted by Gasteiger charge is 2.33. The molecule has 0 bridgehead atoms. The van der Waals surface area contributed by atoms with Crippen molar-refractivity contribution in [3.8, 4) is 23.0 Å². The van der Waals surface area contributed by atoms with Gasteiger partial charge >= 0.3 is 11.9 Å². The highest BCUT2D eigenvalue weighted by Crippen LogP contribution is 2.29. The molecule has 0 heterocycles. The van der Waals surface area contributed by atoms with Crippen LogP contribution in [0, 0.1) is 0 Å². The standard InChI is InChI=1S/C23H30N2O7/c1-5-23(24,22(28)29)13-15-10-17(8-9-19(15)26)32-21(27)18(25-2)11-14-6-7-16(30-3)12-20(14)31-4/h6-10,12,18,25-26H,5,11,13,24H2,1-4H3,(H,28,29)/t18-,23-/m0/s1. The van der Waals surface area contributed by atoms with Gasteiger partial charge in [-0.2, -0.15) is 0 Å². The third kappa shape index (κ3) is 5.89. The minimum Gasteiger partial charge on any atom is -0.508 e. The first kappa shape index (κ1) is 25.0. The summed E-state index contributed by atoms with van der Waals surface area (Å²) < 4.78 is 16.1. The molecule has 0 aliphatic carbocycles. The van der Waals surface area contributed by atoms with Gasteiger partial charge in [-0.3, -0.25) is 4.79 Å². The second kappa shape index (κ2) is 10.8. The molecule has 0 aromatic heterocycles. The lowest BCUT2D eigenvalue weighted by Crippen LogP contribution is -2.49. The lowest BCUT2D eigenvalue weighted by atomic mass is 9.89. The maximum absolute atomic E-state index is 12.8. The maximum atomic E-state index is 12.8. The fourth-order valence-electron chi connectivity index (χ4n) is 3.19. The number of rotatable bonds is 11. The quantitative estimate of drug-likeness (QED) is 0.301. The van der Waals surface area contributed by atoms with E-state index in [1.165, 1.54) is 25.3 Å². The van der Waals surface area contributed by atoms with E-state index >= 15 is 0 Å². The van der Waals surface area contributed by atoms with E-state index in [4.69, 9.17) is 19.9 Å². The number of phenolic OH excluding ortho intramolecular Hbond substituents is 1. The number of esters is 1. The number of carbonyl (C=O) groups is 2. The van der Waals surface area contributed by atoms with E-state index in [0.717, 1.165) is 5.56 Å². The van der Waals surface area contributed by atoms with Crippen molar-refractivity contribution in [2.45, 2.75) is 37.8 Å². The van der Waals surface area contributed by atoms with Crippen LogP contribution < -0.4 is 25.3 Å². The number of benzene rings is 2. The van der Waals surface area contributed by atoms with E-state index in [0.29, 0.717) is 17.9 Å². The number of phenols is 1. The number of likely N-dealkylation sites (N-methyl/N-ethyl adjacent to an activating group) is 1. The van der Waals surface area contributed by atoms with Crippen LogP contribution in [0.2, 0.25) is 0 Å². The highest BCUT2D eigenvalue weighted by molar-refractivity contribution is 5.80. The molecule has 2 aromatic carbocycles. The number of nitrogens with one attached hydrogen (secondary N) is 1. The predicted octanol–water partition coefficient (Wildman–Crippen LogP) is 1.88. The number of ether oxygens (including phenoxy) is 3. The molecular weight excluding hydrogens is 416 g/mol. The summed E-state index contributed by atoms with van der Waals surface area (Å²) in [6.45, 7) is 1.65. The minimum absolute atomic E-state index is 0.117. The first-order valence-electron chi connectivity index (χ1n) is 10.1. The Morgan fingerprint density at radius 2 is 1.78 bits per heavy atom. The highest BCUT2D eigenvalue weighted by atomic mass is 16.5. The number of methoxy groups -OCH3 is 2. The molecule has 2 aromatic rings. The minimum atomic E-state index is -1.54. The summed E-state index contributed by atoms with van der Waals surface area (Å²) in [6.07, 6.45) is 0.347. The van der Waals surface area contributed by atoms with E-state index in [1.807, 2.05) is 6.07 Å². The van der Waals surface area contributed by atoms with E-state index in [1.54, 1.807) is 33.2 Å². The van der Waals surface area contributed by atoms with Crippen molar-refractivity contribution in [3.05, 3.63) is 47.5 Å². The van der Waals surface area contributed by atoms with Crippen LogP contribution in [0.4, 0.5) is 0 Å². The van der Waals surface area contributed by atoms with Crippen molar-refractivity contribution in [2.75, 3.05) is 21.3 Å². The monoisotopic (exact) mass is 446 g/mol. The molecular formula is C23H30N2O7. The number of nitrogens with two attached hydrogens (primary N) is 1. The van der Waals surface area contributed by atoms with Crippen molar-refractivity contribution in [3.63, 3.8) is 0 Å². The van der Waals surface area contributed by atoms with E-state index < -0.39 is 23.5 Å². The Labute approximate surface area is 187 Å². The van der Waals surface area contributed by atoms with Crippen LogP contribution in [0.3, 0.4) is 0 Å². The van der Waals surface area contributed by atoms with Crippen LogP contribution in [0.5, 0.6) is 23.0 Å². The Morgan fingerprint density at radius 1 is 1.09 bits per heavy atom. The summed E-state index contributed by atoms with van der Waals surface area (Å²) in [5, 5.41) is 22.5. The fourth-order valence-corrected chi connectivity index (χ4v) is 3.19. The first-order valence-corrected chi connectivity index (χ1v) is 10.1. The normalized spacial score (nSPS) is 13.7. The average Bonchev–Trinajstić information content (AvgIpc) is 2.79. The third-order valence-corrected chi connectivity index (χ3v) is 5.38. The molecule has 0 saturated heterocycles.